The number of hydrogen-bond acceptors (Lipinski definition) is 5. The van der Waals surface area contributed by atoms with Gasteiger partial charge in [0.1, 0.15) is 4.21 Å². The van der Waals surface area contributed by atoms with Crippen LogP contribution in [0.3, 0.4) is 0 Å². The van der Waals surface area contributed by atoms with Gasteiger partial charge in [-0.15, -0.1) is 11.3 Å². The van der Waals surface area contributed by atoms with Gasteiger partial charge >= 0.3 is 0 Å². The lowest BCUT2D eigenvalue weighted by Crippen LogP contribution is -2.40. The number of rotatable bonds is 3. The number of hydrogen-bond donors (Lipinski definition) is 0. The van der Waals surface area contributed by atoms with E-state index in [1.807, 2.05) is 24.3 Å². The summed E-state index contributed by atoms with van der Waals surface area (Å²) in [6.07, 6.45) is 0.709. The van der Waals surface area contributed by atoms with Gasteiger partial charge in [0.15, 0.2) is 0 Å². The normalized spacial score (nSPS) is 18.5. The third kappa shape index (κ3) is 3.29. The van der Waals surface area contributed by atoms with Gasteiger partial charge in [0.05, 0.1) is 18.8 Å². The lowest BCUT2D eigenvalue weighted by Gasteiger charge is -2.27. The number of sulfonamides is 1. The van der Waals surface area contributed by atoms with Crippen molar-refractivity contribution in [3.63, 3.8) is 0 Å². The molecule has 6 nitrogen and oxygen atoms in total. The lowest BCUT2D eigenvalue weighted by molar-refractivity contribution is 0.0303. The number of thiophene rings is 1. The summed E-state index contributed by atoms with van der Waals surface area (Å²) in [4.78, 5) is 14.3. The molecule has 8 heteroatoms. The third-order valence-electron chi connectivity index (χ3n) is 4.81. The molecule has 2 aromatic rings. The molecule has 26 heavy (non-hydrogen) atoms. The number of benzene rings is 1. The van der Waals surface area contributed by atoms with Crippen molar-refractivity contribution in [2.24, 2.45) is 0 Å². The predicted octanol–water partition coefficient (Wildman–Crippen LogP) is 1.97. The van der Waals surface area contributed by atoms with Crippen molar-refractivity contribution < 1.29 is 17.9 Å². The van der Waals surface area contributed by atoms with Crippen LogP contribution < -0.4 is 0 Å². The number of carbonyl (C=O) groups excluding carboxylic acids is 1. The van der Waals surface area contributed by atoms with Crippen LogP contribution in [0.5, 0.6) is 0 Å². The summed E-state index contributed by atoms with van der Waals surface area (Å²) in [5.41, 5.74) is 2.68. The van der Waals surface area contributed by atoms with Crippen molar-refractivity contribution in [3.8, 4) is 0 Å². The Morgan fingerprint density at radius 2 is 1.81 bits per heavy atom. The third-order valence-corrected chi connectivity index (χ3v) is 8.07. The minimum Gasteiger partial charge on any atom is -0.378 e. The molecule has 1 amide bonds. The Labute approximate surface area is 157 Å². The Balaban J connectivity index is 1.54. The standard InChI is InChI=1S/C18H20N2O4S2/c21-18(19-7-9-24-10-8-19)16-11-17(25-13-16)26(22,23)20-6-5-14-3-1-2-4-15(14)12-20/h1-4,11,13H,5-10,12H2. The second kappa shape index (κ2) is 7.11. The van der Waals surface area contributed by atoms with E-state index in [1.54, 1.807) is 10.3 Å². The van der Waals surface area contributed by atoms with Gasteiger partial charge in [0.25, 0.3) is 15.9 Å². The molecule has 0 unspecified atom stereocenters. The van der Waals surface area contributed by atoms with E-state index in [2.05, 4.69) is 0 Å². The lowest BCUT2D eigenvalue weighted by atomic mass is 10.0. The maximum absolute atomic E-state index is 13.0. The minimum atomic E-state index is -3.59. The highest BCUT2D eigenvalue weighted by molar-refractivity contribution is 7.91. The fourth-order valence-electron chi connectivity index (χ4n) is 3.32. The summed E-state index contributed by atoms with van der Waals surface area (Å²) in [5, 5.41) is 1.64. The van der Waals surface area contributed by atoms with Gasteiger partial charge in [-0.05, 0) is 23.6 Å². The molecule has 0 N–H and O–H groups in total. The summed E-state index contributed by atoms with van der Waals surface area (Å²) >= 11 is 1.12. The van der Waals surface area contributed by atoms with Crippen molar-refractivity contribution in [1.29, 1.82) is 0 Å². The molecular weight excluding hydrogens is 372 g/mol. The van der Waals surface area contributed by atoms with Gasteiger partial charge in [-0.3, -0.25) is 4.79 Å². The quantitative estimate of drug-likeness (QED) is 0.801. The maximum atomic E-state index is 13.0. The smallest absolute Gasteiger partial charge is 0.254 e. The van der Waals surface area contributed by atoms with E-state index < -0.39 is 10.0 Å². The van der Waals surface area contributed by atoms with Crippen molar-refractivity contribution in [2.45, 2.75) is 17.2 Å². The average Bonchev–Trinajstić information content (AvgIpc) is 3.19. The summed E-state index contributed by atoms with van der Waals surface area (Å²) in [6, 6.07) is 9.44. The molecule has 1 aromatic heterocycles. The number of morpholine rings is 1. The molecule has 4 rings (SSSR count). The zero-order chi connectivity index (χ0) is 18.1. The molecule has 1 aromatic carbocycles. The zero-order valence-electron chi connectivity index (χ0n) is 14.3. The number of nitrogens with zero attached hydrogens (tertiary/aromatic N) is 2. The molecule has 2 aliphatic heterocycles. The highest BCUT2D eigenvalue weighted by Crippen LogP contribution is 2.29. The zero-order valence-corrected chi connectivity index (χ0v) is 15.9. The van der Waals surface area contributed by atoms with Crippen LogP contribution in [0.25, 0.3) is 0 Å². The number of ether oxygens (including phenoxy) is 1. The topological polar surface area (TPSA) is 66.9 Å². The number of amides is 1. The van der Waals surface area contributed by atoms with E-state index in [-0.39, 0.29) is 10.1 Å². The van der Waals surface area contributed by atoms with Gasteiger partial charge in [0.2, 0.25) is 0 Å². The highest BCUT2D eigenvalue weighted by Gasteiger charge is 2.30. The molecule has 0 bridgehead atoms. The number of carbonyl (C=O) groups is 1. The predicted molar refractivity (Wildman–Crippen MR) is 98.8 cm³/mol. The van der Waals surface area contributed by atoms with E-state index in [4.69, 9.17) is 4.74 Å². The molecule has 0 aliphatic carbocycles. The molecular formula is C18H20N2O4S2. The molecule has 0 spiro atoms. The van der Waals surface area contributed by atoms with Crippen LogP contribution in [-0.4, -0.2) is 56.4 Å². The number of fused-ring (bicyclic) bond motifs is 1. The SMILES string of the molecule is O=C(c1csc(S(=O)(=O)N2CCc3ccccc3C2)c1)N1CCOCC1. The Morgan fingerprint density at radius 3 is 2.58 bits per heavy atom. The Kier molecular flexibility index (Phi) is 4.83. The van der Waals surface area contributed by atoms with E-state index in [9.17, 15) is 13.2 Å². The largest absolute Gasteiger partial charge is 0.378 e. The van der Waals surface area contributed by atoms with E-state index >= 15 is 0 Å². The molecule has 1 saturated heterocycles. The van der Waals surface area contributed by atoms with Crippen LogP contribution in [0.1, 0.15) is 21.5 Å². The Hall–Kier alpha value is -1.74. The molecule has 138 valence electrons. The maximum Gasteiger partial charge on any atom is 0.254 e. The fourth-order valence-corrected chi connectivity index (χ4v) is 6.04. The van der Waals surface area contributed by atoms with Crippen LogP contribution in [0.15, 0.2) is 39.9 Å². The first kappa shape index (κ1) is 17.7. The molecule has 0 radical (unpaired) electrons. The van der Waals surface area contributed by atoms with Crippen molar-refractivity contribution >= 4 is 27.3 Å². The summed E-state index contributed by atoms with van der Waals surface area (Å²) in [6.45, 7) is 2.97. The van der Waals surface area contributed by atoms with E-state index in [0.717, 1.165) is 16.9 Å². The molecule has 3 heterocycles. The van der Waals surface area contributed by atoms with Crippen LogP contribution >= 0.6 is 11.3 Å². The Bertz CT molecular complexity index is 917. The first-order valence-electron chi connectivity index (χ1n) is 8.58. The minimum absolute atomic E-state index is 0.130. The van der Waals surface area contributed by atoms with Crippen LogP contribution in [-0.2, 0) is 27.7 Å². The first-order valence-corrected chi connectivity index (χ1v) is 10.9. The molecule has 2 aliphatic rings. The first-order chi connectivity index (χ1) is 12.6. The summed E-state index contributed by atoms with van der Waals surface area (Å²) < 4.78 is 33.0. The van der Waals surface area contributed by atoms with Gasteiger partial charge in [-0.2, -0.15) is 4.31 Å². The van der Waals surface area contributed by atoms with Gasteiger partial charge < -0.3 is 9.64 Å². The van der Waals surface area contributed by atoms with Crippen molar-refractivity contribution in [1.82, 2.24) is 9.21 Å². The van der Waals surface area contributed by atoms with Gasteiger partial charge in [-0.1, -0.05) is 24.3 Å². The van der Waals surface area contributed by atoms with Gasteiger partial charge in [0, 0.05) is 31.6 Å². The monoisotopic (exact) mass is 392 g/mol. The highest BCUT2D eigenvalue weighted by atomic mass is 32.2. The second-order valence-corrected chi connectivity index (χ2v) is 9.49. The summed E-state index contributed by atoms with van der Waals surface area (Å²) in [5.74, 6) is -0.130. The Morgan fingerprint density at radius 1 is 1.08 bits per heavy atom. The second-order valence-electron chi connectivity index (χ2n) is 6.42. The molecule has 1 fully saturated rings. The van der Waals surface area contributed by atoms with Crippen LogP contribution in [0, 0.1) is 0 Å². The van der Waals surface area contributed by atoms with Crippen molar-refractivity contribution in [2.75, 3.05) is 32.8 Å². The van der Waals surface area contributed by atoms with Crippen molar-refractivity contribution in [3.05, 3.63) is 52.4 Å². The summed E-state index contributed by atoms with van der Waals surface area (Å²) in [7, 11) is -3.59. The molecule has 0 saturated carbocycles. The molecule has 0 atom stereocenters. The fraction of sp³-hybridized carbons (Fsp3) is 0.389. The average molecular weight is 393 g/mol. The van der Waals surface area contributed by atoms with Gasteiger partial charge in [-0.25, -0.2) is 8.42 Å². The van der Waals surface area contributed by atoms with E-state index in [0.29, 0.717) is 51.4 Å². The van der Waals surface area contributed by atoms with E-state index in [1.165, 1.54) is 15.9 Å². The van der Waals surface area contributed by atoms with Crippen LogP contribution in [0.2, 0.25) is 0 Å². The van der Waals surface area contributed by atoms with Crippen LogP contribution in [0.4, 0.5) is 0 Å².